The van der Waals surface area contributed by atoms with E-state index in [1.54, 1.807) is 30.5 Å². The minimum atomic E-state index is -0.183. The second-order valence-electron chi connectivity index (χ2n) is 7.42. The van der Waals surface area contributed by atoms with Gasteiger partial charge in [0.15, 0.2) is 0 Å². The number of carbonyl (C=O) groups is 2. The lowest BCUT2D eigenvalue weighted by Crippen LogP contribution is -2.23. The second kappa shape index (κ2) is 9.41. The van der Waals surface area contributed by atoms with Gasteiger partial charge in [0.25, 0.3) is 5.91 Å². The van der Waals surface area contributed by atoms with Crippen LogP contribution in [0, 0.1) is 5.92 Å². The van der Waals surface area contributed by atoms with E-state index >= 15 is 0 Å². The van der Waals surface area contributed by atoms with Crippen molar-refractivity contribution >= 4 is 17.5 Å². The van der Waals surface area contributed by atoms with Gasteiger partial charge in [0.2, 0.25) is 5.91 Å². The highest BCUT2D eigenvalue weighted by atomic mass is 16.5. The number of benzene rings is 2. The van der Waals surface area contributed by atoms with Gasteiger partial charge >= 0.3 is 0 Å². The van der Waals surface area contributed by atoms with Crippen molar-refractivity contribution in [3.8, 4) is 0 Å². The number of furan rings is 1. The fraction of sp³-hybridized carbons (Fsp3) is 0.250. The first-order valence-electron chi connectivity index (χ1n) is 10.0. The van der Waals surface area contributed by atoms with Crippen LogP contribution < -0.4 is 10.6 Å². The highest BCUT2D eigenvalue weighted by Crippen LogP contribution is 2.30. The Hall–Kier alpha value is -3.38. The number of amides is 2. The molecule has 0 spiro atoms. The lowest BCUT2D eigenvalue weighted by Gasteiger charge is -2.09. The molecule has 2 aromatic carbocycles. The molecule has 1 heterocycles. The average molecular weight is 404 g/mol. The van der Waals surface area contributed by atoms with Crippen molar-refractivity contribution < 1.29 is 18.7 Å². The minimum absolute atomic E-state index is 0.0265. The molecule has 1 saturated carbocycles. The summed E-state index contributed by atoms with van der Waals surface area (Å²) in [7, 11) is 0. The summed E-state index contributed by atoms with van der Waals surface area (Å²) in [5.74, 6) is 0.752. The molecular weight excluding hydrogens is 380 g/mol. The van der Waals surface area contributed by atoms with Crippen LogP contribution in [0.2, 0.25) is 0 Å². The lowest BCUT2D eigenvalue weighted by atomic mass is 10.1. The maximum absolute atomic E-state index is 12.5. The van der Waals surface area contributed by atoms with Crippen LogP contribution in [0.5, 0.6) is 0 Å². The van der Waals surface area contributed by atoms with Gasteiger partial charge in [0.05, 0.1) is 12.9 Å². The molecule has 1 aliphatic rings. The number of ether oxygens (including phenoxy) is 1. The molecule has 0 atom stereocenters. The van der Waals surface area contributed by atoms with E-state index in [1.165, 1.54) is 0 Å². The Kier molecular flexibility index (Phi) is 6.25. The summed E-state index contributed by atoms with van der Waals surface area (Å²) < 4.78 is 10.9. The van der Waals surface area contributed by atoms with Crippen LogP contribution in [0.25, 0.3) is 0 Å². The molecule has 1 fully saturated rings. The number of carbonyl (C=O) groups excluding carboxylic acids is 2. The van der Waals surface area contributed by atoms with Crippen molar-refractivity contribution in [1.82, 2.24) is 5.32 Å². The molecule has 4 rings (SSSR count). The molecule has 1 aromatic heterocycles. The van der Waals surface area contributed by atoms with E-state index in [2.05, 4.69) is 10.6 Å². The Balaban J connectivity index is 1.28. The number of anilines is 1. The van der Waals surface area contributed by atoms with E-state index < -0.39 is 0 Å². The van der Waals surface area contributed by atoms with Crippen LogP contribution in [0.3, 0.4) is 0 Å². The zero-order valence-electron chi connectivity index (χ0n) is 16.6. The van der Waals surface area contributed by atoms with Crippen LogP contribution in [0.1, 0.15) is 40.1 Å². The largest absolute Gasteiger partial charge is 0.467 e. The molecule has 0 radical (unpaired) electrons. The third-order valence-electron chi connectivity index (χ3n) is 4.88. The zero-order chi connectivity index (χ0) is 20.8. The van der Waals surface area contributed by atoms with Gasteiger partial charge in [-0.05, 0) is 54.3 Å². The summed E-state index contributed by atoms with van der Waals surface area (Å²) in [6.45, 7) is 1.29. The first-order chi connectivity index (χ1) is 14.7. The molecular formula is C24H24N2O4. The van der Waals surface area contributed by atoms with Gasteiger partial charge in [-0.2, -0.15) is 0 Å². The Bertz CT molecular complexity index is 1010. The predicted molar refractivity (Wildman–Crippen MR) is 113 cm³/mol. The van der Waals surface area contributed by atoms with Gasteiger partial charge in [-0.3, -0.25) is 9.59 Å². The summed E-state index contributed by atoms with van der Waals surface area (Å²) >= 11 is 0. The monoisotopic (exact) mass is 404 g/mol. The van der Waals surface area contributed by atoms with Crippen molar-refractivity contribution in [3.63, 3.8) is 0 Å². The summed E-state index contributed by atoms with van der Waals surface area (Å²) in [6, 6.07) is 18.6. The van der Waals surface area contributed by atoms with Gasteiger partial charge < -0.3 is 19.8 Å². The topological polar surface area (TPSA) is 80.6 Å². The van der Waals surface area contributed by atoms with Crippen molar-refractivity contribution in [1.29, 1.82) is 0 Å². The molecule has 2 amide bonds. The Labute approximate surface area is 175 Å². The first kappa shape index (κ1) is 19.9. The summed E-state index contributed by atoms with van der Waals surface area (Å²) in [4.78, 5) is 24.4. The van der Waals surface area contributed by atoms with Gasteiger partial charge in [0.1, 0.15) is 12.4 Å². The van der Waals surface area contributed by atoms with Crippen LogP contribution >= 0.6 is 0 Å². The third-order valence-corrected chi connectivity index (χ3v) is 4.88. The highest BCUT2D eigenvalue weighted by molar-refractivity contribution is 5.98. The van der Waals surface area contributed by atoms with Crippen LogP contribution in [0.4, 0.5) is 5.69 Å². The molecule has 0 saturated heterocycles. The van der Waals surface area contributed by atoms with E-state index in [4.69, 9.17) is 9.15 Å². The normalized spacial score (nSPS) is 13.1. The summed E-state index contributed by atoms with van der Waals surface area (Å²) in [5.41, 5.74) is 3.18. The molecule has 0 bridgehead atoms. The van der Waals surface area contributed by atoms with Crippen molar-refractivity contribution in [2.75, 3.05) is 5.32 Å². The van der Waals surface area contributed by atoms with Crippen molar-refractivity contribution in [2.45, 2.75) is 32.6 Å². The predicted octanol–water partition coefficient (Wildman–Crippen LogP) is 4.27. The average Bonchev–Trinajstić information content (AvgIpc) is 3.49. The molecule has 6 nitrogen and oxygen atoms in total. The Morgan fingerprint density at radius 3 is 2.60 bits per heavy atom. The maximum Gasteiger partial charge on any atom is 0.251 e. The van der Waals surface area contributed by atoms with E-state index in [9.17, 15) is 9.59 Å². The van der Waals surface area contributed by atoms with Crippen LogP contribution in [-0.4, -0.2) is 11.8 Å². The number of hydrogen-bond acceptors (Lipinski definition) is 4. The Morgan fingerprint density at radius 2 is 1.80 bits per heavy atom. The summed E-state index contributed by atoms with van der Waals surface area (Å²) in [5, 5.41) is 5.80. The van der Waals surface area contributed by atoms with Gasteiger partial charge in [-0.25, -0.2) is 0 Å². The molecule has 0 aliphatic heterocycles. The molecule has 154 valence electrons. The summed E-state index contributed by atoms with van der Waals surface area (Å²) in [6.07, 6.45) is 3.51. The fourth-order valence-electron chi connectivity index (χ4n) is 3.11. The maximum atomic E-state index is 12.5. The Morgan fingerprint density at radius 1 is 0.967 bits per heavy atom. The van der Waals surface area contributed by atoms with Crippen LogP contribution in [0.15, 0.2) is 71.3 Å². The van der Waals surface area contributed by atoms with Crippen molar-refractivity contribution in [2.24, 2.45) is 5.92 Å². The zero-order valence-corrected chi connectivity index (χ0v) is 16.6. The molecule has 2 N–H and O–H groups in total. The molecule has 6 heteroatoms. The van der Waals surface area contributed by atoms with Gasteiger partial charge in [-0.15, -0.1) is 0 Å². The lowest BCUT2D eigenvalue weighted by molar-refractivity contribution is -0.117. The smallest absolute Gasteiger partial charge is 0.251 e. The standard InChI is InChI=1S/C24H24N2O4/c27-23(20-6-2-7-21(13-20)26-24(28)19-9-10-19)25-14-17-4-1-5-18(12-17)15-29-16-22-8-3-11-30-22/h1-8,11-13,19H,9-10,14-16H2,(H,25,27)(H,26,28). The molecule has 1 aliphatic carbocycles. The van der Waals surface area contributed by atoms with E-state index in [1.807, 2.05) is 36.4 Å². The number of nitrogens with one attached hydrogen (secondary N) is 2. The number of hydrogen-bond donors (Lipinski definition) is 2. The highest BCUT2D eigenvalue weighted by Gasteiger charge is 2.29. The van der Waals surface area contributed by atoms with E-state index in [-0.39, 0.29) is 17.7 Å². The van der Waals surface area contributed by atoms with E-state index in [0.29, 0.717) is 31.0 Å². The first-order valence-corrected chi connectivity index (χ1v) is 10.0. The quantitative estimate of drug-likeness (QED) is 0.558. The van der Waals surface area contributed by atoms with E-state index in [0.717, 1.165) is 29.7 Å². The molecule has 30 heavy (non-hydrogen) atoms. The van der Waals surface area contributed by atoms with Crippen LogP contribution in [-0.2, 0) is 29.3 Å². The SMILES string of the molecule is O=C(NCc1cccc(COCc2ccco2)c1)c1cccc(NC(=O)C2CC2)c1. The van der Waals surface area contributed by atoms with Gasteiger partial charge in [0, 0.05) is 23.7 Å². The molecule has 0 unspecified atom stereocenters. The molecule has 3 aromatic rings. The fourth-order valence-corrected chi connectivity index (χ4v) is 3.11. The van der Waals surface area contributed by atoms with Gasteiger partial charge in [-0.1, -0.05) is 30.3 Å². The van der Waals surface area contributed by atoms with Crippen molar-refractivity contribution in [3.05, 3.63) is 89.4 Å². The third kappa shape index (κ3) is 5.58. The number of rotatable bonds is 9. The second-order valence-corrected chi connectivity index (χ2v) is 7.42. The minimum Gasteiger partial charge on any atom is -0.467 e.